The van der Waals surface area contributed by atoms with Gasteiger partial charge in [-0.25, -0.2) is 9.78 Å². The average molecular weight is 306 g/mol. The van der Waals surface area contributed by atoms with Crippen LogP contribution in [-0.2, 0) is 4.74 Å². The third-order valence-electron chi connectivity index (χ3n) is 2.83. The summed E-state index contributed by atoms with van der Waals surface area (Å²) in [6, 6.07) is 3.58. The number of esters is 1. The van der Waals surface area contributed by atoms with Gasteiger partial charge in [0.1, 0.15) is 10.6 Å². The van der Waals surface area contributed by atoms with Gasteiger partial charge in [-0.3, -0.25) is 0 Å². The maximum Gasteiger partial charge on any atom is 0.341 e. The van der Waals surface area contributed by atoms with Crippen molar-refractivity contribution in [1.29, 1.82) is 0 Å². The number of thiophene rings is 1. The van der Waals surface area contributed by atoms with Crippen LogP contribution in [0.4, 0.5) is 5.00 Å². The third kappa shape index (κ3) is 3.52. The van der Waals surface area contributed by atoms with Crippen LogP contribution in [-0.4, -0.2) is 24.7 Å². The minimum atomic E-state index is -0.395. The van der Waals surface area contributed by atoms with Gasteiger partial charge in [-0.15, -0.1) is 11.3 Å². The first-order valence-corrected chi connectivity index (χ1v) is 7.45. The number of methoxy groups -OCH3 is 1. The molecule has 0 spiro atoms. The standard InChI is InChI=1S/C15H18N2O3S/c1-9(2)7-20-15(18)13-11(8-21-14(13)16)10-4-5-12(19-3)17-6-10/h4-6,8-9H,7,16H2,1-3H3. The predicted molar refractivity (Wildman–Crippen MR) is 83.6 cm³/mol. The molecule has 0 aromatic carbocycles. The average Bonchev–Trinajstić information content (AvgIpc) is 2.86. The maximum absolute atomic E-state index is 12.2. The van der Waals surface area contributed by atoms with Crippen LogP contribution >= 0.6 is 11.3 Å². The van der Waals surface area contributed by atoms with Crippen LogP contribution in [0.5, 0.6) is 5.88 Å². The fourth-order valence-electron chi connectivity index (χ4n) is 1.77. The van der Waals surface area contributed by atoms with E-state index in [1.165, 1.54) is 11.3 Å². The molecule has 2 N–H and O–H groups in total. The Hall–Kier alpha value is -2.08. The topological polar surface area (TPSA) is 74.4 Å². The summed E-state index contributed by atoms with van der Waals surface area (Å²) in [6.45, 7) is 4.34. The van der Waals surface area contributed by atoms with E-state index in [-0.39, 0.29) is 5.92 Å². The first-order chi connectivity index (χ1) is 10.0. The van der Waals surface area contributed by atoms with Crippen LogP contribution in [0, 0.1) is 5.92 Å². The lowest BCUT2D eigenvalue weighted by atomic mass is 10.1. The van der Waals surface area contributed by atoms with Gasteiger partial charge in [-0.2, -0.15) is 0 Å². The minimum absolute atomic E-state index is 0.278. The quantitative estimate of drug-likeness (QED) is 0.859. The SMILES string of the molecule is COc1ccc(-c2csc(N)c2C(=O)OCC(C)C)cn1. The van der Waals surface area contributed by atoms with Gasteiger partial charge in [0, 0.05) is 28.8 Å². The van der Waals surface area contributed by atoms with Crippen molar-refractivity contribution in [2.75, 3.05) is 19.5 Å². The Morgan fingerprint density at radius 2 is 2.19 bits per heavy atom. The van der Waals surface area contributed by atoms with Crippen molar-refractivity contribution in [2.24, 2.45) is 5.92 Å². The van der Waals surface area contributed by atoms with Gasteiger partial charge >= 0.3 is 5.97 Å². The lowest BCUT2D eigenvalue weighted by Crippen LogP contribution is -2.11. The molecule has 0 aliphatic heterocycles. The number of hydrogen-bond donors (Lipinski definition) is 1. The fraction of sp³-hybridized carbons (Fsp3) is 0.333. The number of anilines is 1. The molecule has 0 aliphatic carbocycles. The largest absolute Gasteiger partial charge is 0.481 e. The third-order valence-corrected chi connectivity index (χ3v) is 3.64. The van der Waals surface area contributed by atoms with Crippen LogP contribution < -0.4 is 10.5 Å². The Labute approximate surface area is 127 Å². The first-order valence-electron chi connectivity index (χ1n) is 6.57. The van der Waals surface area contributed by atoms with Crippen molar-refractivity contribution < 1.29 is 14.3 Å². The molecule has 0 saturated heterocycles. The zero-order valence-electron chi connectivity index (χ0n) is 12.3. The van der Waals surface area contributed by atoms with E-state index in [4.69, 9.17) is 15.2 Å². The molecule has 112 valence electrons. The number of pyridine rings is 1. The normalized spacial score (nSPS) is 10.7. The van der Waals surface area contributed by atoms with Crippen molar-refractivity contribution >= 4 is 22.3 Å². The van der Waals surface area contributed by atoms with Crippen molar-refractivity contribution in [2.45, 2.75) is 13.8 Å². The zero-order chi connectivity index (χ0) is 15.4. The summed E-state index contributed by atoms with van der Waals surface area (Å²) in [7, 11) is 1.55. The van der Waals surface area contributed by atoms with E-state index in [1.807, 2.05) is 25.3 Å². The van der Waals surface area contributed by atoms with Gasteiger partial charge in [0.2, 0.25) is 5.88 Å². The monoisotopic (exact) mass is 306 g/mol. The molecule has 2 aromatic rings. The van der Waals surface area contributed by atoms with E-state index in [2.05, 4.69) is 4.98 Å². The number of ether oxygens (including phenoxy) is 2. The Bertz CT molecular complexity index is 620. The number of hydrogen-bond acceptors (Lipinski definition) is 6. The predicted octanol–water partition coefficient (Wildman–Crippen LogP) is 3.21. The van der Waals surface area contributed by atoms with Gasteiger partial charge in [-0.1, -0.05) is 13.8 Å². The molecule has 21 heavy (non-hydrogen) atoms. The van der Waals surface area contributed by atoms with Crippen LogP contribution in [0.25, 0.3) is 11.1 Å². The van der Waals surface area contributed by atoms with Gasteiger partial charge < -0.3 is 15.2 Å². The highest BCUT2D eigenvalue weighted by Crippen LogP contribution is 2.34. The molecule has 0 saturated carbocycles. The van der Waals surface area contributed by atoms with E-state index in [0.717, 1.165) is 11.1 Å². The molecule has 0 radical (unpaired) electrons. The van der Waals surface area contributed by atoms with Crippen LogP contribution in [0.2, 0.25) is 0 Å². The van der Waals surface area contributed by atoms with Crippen molar-refractivity contribution in [1.82, 2.24) is 4.98 Å². The molecule has 5 nitrogen and oxygen atoms in total. The van der Waals surface area contributed by atoms with Gasteiger partial charge in [-0.05, 0) is 12.0 Å². The molecule has 6 heteroatoms. The van der Waals surface area contributed by atoms with E-state index in [0.29, 0.717) is 23.1 Å². The summed E-state index contributed by atoms with van der Waals surface area (Å²) in [6.07, 6.45) is 1.65. The number of nitrogen functional groups attached to an aromatic ring is 1. The Morgan fingerprint density at radius 3 is 2.76 bits per heavy atom. The highest BCUT2D eigenvalue weighted by molar-refractivity contribution is 7.14. The molecule has 2 rings (SSSR count). The molecule has 0 fully saturated rings. The number of rotatable bonds is 5. The molecule has 0 bridgehead atoms. The molecular weight excluding hydrogens is 288 g/mol. The number of nitrogens with zero attached hydrogens (tertiary/aromatic N) is 1. The van der Waals surface area contributed by atoms with Crippen LogP contribution in [0.15, 0.2) is 23.7 Å². The van der Waals surface area contributed by atoms with Crippen LogP contribution in [0.1, 0.15) is 24.2 Å². The summed E-state index contributed by atoms with van der Waals surface area (Å²) < 4.78 is 10.3. The van der Waals surface area contributed by atoms with Gasteiger partial charge in [0.15, 0.2) is 0 Å². The lowest BCUT2D eigenvalue weighted by Gasteiger charge is -2.09. The first kappa shape index (κ1) is 15.3. The van der Waals surface area contributed by atoms with Gasteiger partial charge in [0.05, 0.1) is 13.7 Å². The Morgan fingerprint density at radius 1 is 1.43 bits per heavy atom. The number of nitrogens with two attached hydrogens (primary N) is 1. The molecule has 0 aliphatic rings. The van der Waals surface area contributed by atoms with E-state index < -0.39 is 5.97 Å². The number of aromatic nitrogens is 1. The second-order valence-electron chi connectivity index (χ2n) is 4.97. The van der Waals surface area contributed by atoms with Crippen molar-refractivity contribution in [3.8, 4) is 17.0 Å². The summed E-state index contributed by atoms with van der Waals surface area (Å²) in [5.74, 6) is 0.402. The van der Waals surface area contributed by atoms with E-state index in [9.17, 15) is 4.79 Å². The summed E-state index contributed by atoms with van der Waals surface area (Å²) in [4.78, 5) is 16.4. The van der Waals surface area contributed by atoms with E-state index in [1.54, 1.807) is 19.4 Å². The number of carbonyl (C=O) groups excluding carboxylic acids is 1. The number of carbonyl (C=O) groups is 1. The summed E-state index contributed by atoms with van der Waals surface area (Å²) >= 11 is 1.32. The van der Waals surface area contributed by atoms with Crippen molar-refractivity contribution in [3.63, 3.8) is 0 Å². The smallest absolute Gasteiger partial charge is 0.341 e. The Balaban J connectivity index is 2.30. The van der Waals surface area contributed by atoms with Gasteiger partial charge in [0.25, 0.3) is 0 Å². The molecule has 0 amide bonds. The zero-order valence-corrected chi connectivity index (χ0v) is 13.1. The molecule has 0 unspecified atom stereocenters. The Kier molecular flexibility index (Phi) is 4.80. The van der Waals surface area contributed by atoms with E-state index >= 15 is 0 Å². The maximum atomic E-state index is 12.2. The van der Waals surface area contributed by atoms with Crippen molar-refractivity contribution in [3.05, 3.63) is 29.3 Å². The molecule has 2 heterocycles. The highest BCUT2D eigenvalue weighted by Gasteiger charge is 2.20. The highest BCUT2D eigenvalue weighted by atomic mass is 32.1. The molecular formula is C15H18N2O3S. The van der Waals surface area contributed by atoms with Crippen LogP contribution in [0.3, 0.4) is 0 Å². The molecule has 0 atom stereocenters. The molecule has 2 aromatic heterocycles. The summed E-state index contributed by atoms with van der Waals surface area (Å²) in [5.41, 5.74) is 7.87. The fourth-order valence-corrected chi connectivity index (χ4v) is 2.58. The lowest BCUT2D eigenvalue weighted by molar-refractivity contribution is 0.0461. The second kappa shape index (κ2) is 6.58. The minimum Gasteiger partial charge on any atom is -0.481 e. The summed E-state index contributed by atoms with van der Waals surface area (Å²) in [5, 5.41) is 2.29. The second-order valence-corrected chi connectivity index (χ2v) is 5.88.